The van der Waals surface area contributed by atoms with Gasteiger partial charge in [-0.3, -0.25) is 0 Å². The quantitative estimate of drug-likeness (QED) is 0.682. The van der Waals surface area contributed by atoms with Crippen molar-refractivity contribution in [3.05, 3.63) is 0 Å². The van der Waals surface area contributed by atoms with Crippen LogP contribution in [0.5, 0.6) is 0 Å². The Morgan fingerprint density at radius 2 is 1.36 bits per heavy atom. The summed E-state index contributed by atoms with van der Waals surface area (Å²) in [6, 6.07) is 0. The van der Waals surface area contributed by atoms with Crippen LogP contribution in [0, 0.1) is 0 Å². The second-order valence-electron chi connectivity index (χ2n) is 3.75. The van der Waals surface area contributed by atoms with Crippen molar-refractivity contribution in [2.24, 2.45) is 0 Å². The van der Waals surface area contributed by atoms with Crippen molar-refractivity contribution >= 4 is 13.2 Å². The van der Waals surface area contributed by atoms with Crippen LogP contribution < -0.4 is 5.11 Å². The first-order chi connectivity index (χ1) is 6.36. The average Bonchev–Trinajstić information content (AvgIpc) is 2.07. The molecule has 0 N–H and O–H groups in total. The van der Waals surface area contributed by atoms with E-state index < -0.39 is 13.2 Å². The lowest BCUT2D eigenvalue weighted by atomic mass is 10.6. The summed E-state index contributed by atoms with van der Waals surface area (Å²) in [7, 11) is -0.511. The van der Waals surface area contributed by atoms with Crippen molar-refractivity contribution in [3.8, 4) is 0 Å². The van der Waals surface area contributed by atoms with E-state index in [1.807, 2.05) is 0 Å². The normalized spacial score (nSPS) is 10.8. The van der Waals surface area contributed by atoms with Crippen LogP contribution in [-0.2, 0) is 4.79 Å². The smallest absolute Gasteiger partial charge is 0.0641 e. The molecule has 0 rings (SSSR count). The highest BCUT2D eigenvalue weighted by Gasteiger charge is 2.34. The van der Waals surface area contributed by atoms with Gasteiger partial charge < -0.3 is 9.90 Å². The molecule has 0 heterocycles. The number of hydrogen-bond donors (Lipinski definition) is 0. The van der Waals surface area contributed by atoms with E-state index in [-0.39, 0.29) is 0 Å². The molecule has 2 nitrogen and oxygen atoms in total. The topological polar surface area (TPSA) is 40.1 Å². The summed E-state index contributed by atoms with van der Waals surface area (Å²) >= 11 is 0. The zero-order valence-electron chi connectivity index (χ0n) is 10.5. The summed E-state index contributed by atoms with van der Waals surface area (Å²) in [5, 5.41) is 8.89. The molecule has 14 heavy (non-hydrogen) atoms. The van der Waals surface area contributed by atoms with E-state index in [2.05, 4.69) is 34.6 Å². The van der Waals surface area contributed by atoms with Crippen LogP contribution in [0.3, 0.4) is 0 Å². The molecule has 0 saturated heterocycles. The molecule has 0 spiro atoms. The van der Waals surface area contributed by atoms with Gasteiger partial charge in [0.1, 0.15) is 0 Å². The van der Waals surface area contributed by atoms with Gasteiger partial charge in [0.2, 0.25) is 0 Å². The van der Waals surface area contributed by atoms with Crippen molar-refractivity contribution in [1.29, 1.82) is 0 Å². The van der Waals surface area contributed by atoms with Crippen molar-refractivity contribution in [1.82, 2.24) is 0 Å². The van der Waals surface area contributed by atoms with Gasteiger partial charge in [-0.2, -0.15) is 0 Å². The second-order valence-corrected chi connectivity index (χ2v) is 9.12. The number of carboxylic acids is 1. The Bertz CT molecular complexity index is 139. The minimum atomic E-state index is -1.08. The number of carbonyl (C=O) groups is 1. The molecule has 0 saturated carbocycles. The summed E-state index contributed by atoms with van der Waals surface area (Å²) in [5.41, 5.74) is 0.951. The van der Waals surface area contributed by atoms with Crippen LogP contribution in [0.25, 0.3) is 0 Å². The van der Waals surface area contributed by atoms with Gasteiger partial charge in [-0.05, 0) is 41.5 Å². The predicted molar refractivity (Wildman–Crippen MR) is 64.4 cm³/mol. The predicted octanol–water partition coefficient (Wildman–Crippen LogP) is 2.23. The van der Waals surface area contributed by atoms with Crippen molar-refractivity contribution < 1.29 is 9.90 Å². The highest BCUT2D eigenvalue weighted by Crippen LogP contribution is 2.61. The van der Waals surface area contributed by atoms with Gasteiger partial charge in [-0.15, -0.1) is 0 Å². The van der Waals surface area contributed by atoms with E-state index in [1.165, 1.54) is 18.5 Å². The molecule has 86 valence electrons. The van der Waals surface area contributed by atoms with E-state index in [4.69, 9.17) is 9.90 Å². The molecule has 0 radical (unpaired) electrons. The molecule has 0 atom stereocenters. The monoisotopic (exact) mass is 220 g/mol. The molecule has 0 aromatic heterocycles. The Kier molecular flexibility index (Phi) is 9.60. The first-order valence-electron chi connectivity index (χ1n) is 5.39. The van der Waals surface area contributed by atoms with E-state index in [0.717, 1.165) is 12.6 Å². The molecular weight excluding hydrogens is 195 g/mol. The largest absolute Gasteiger partial charge is 0.550 e. The Morgan fingerprint density at radius 1 is 1.14 bits per heavy atom. The lowest BCUT2D eigenvalue weighted by Crippen LogP contribution is -2.16. The Balaban J connectivity index is 0. The Hall–Kier alpha value is -0.100. The van der Waals surface area contributed by atoms with Gasteiger partial charge in [-0.25, -0.2) is 0 Å². The average molecular weight is 220 g/mol. The second kappa shape index (κ2) is 8.23. The lowest BCUT2D eigenvalue weighted by Gasteiger charge is -2.27. The van der Waals surface area contributed by atoms with Crippen molar-refractivity contribution in [2.75, 3.05) is 18.5 Å². The summed E-state index contributed by atoms with van der Waals surface area (Å²) in [6.07, 6.45) is 4.33. The maximum atomic E-state index is 8.89. The molecule has 0 aliphatic heterocycles. The number of rotatable bonds is 4. The van der Waals surface area contributed by atoms with Gasteiger partial charge in [-0.1, -0.05) is 0 Å². The van der Waals surface area contributed by atoms with E-state index >= 15 is 0 Å². The Morgan fingerprint density at radius 3 is 1.36 bits per heavy atom. The van der Waals surface area contributed by atoms with Gasteiger partial charge in [0.05, 0.1) is 24.1 Å². The molecular formula is C11H25O2P. The molecule has 0 aliphatic carbocycles. The summed E-state index contributed by atoms with van der Waals surface area (Å²) in [4.78, 5) is 8.89. The highest BCUT2D eigenvalue weighted by molar-refractivity contribution is 7.76. The zero-order chi connectivity index (χ0) is 11.8. The fraction of sp³-hybridized carbons (Fsp3) is 0.909. The number of carboxylic acid groups (broad SMARTS) is 1. The van der Waals surface area contributed by atoms with Crippen LogP contribution in [0.2, 0.25) is 0 Å². The Labute approximate surface area is 89.4 Å². The maximum absolute atomic E-state index is 8.89. The molecule has 0 amide bonds. The minimum Gasteiger partial charge on any atom is -0.550 e. The van der Waals surface area contributed by atoms with Crippen molar-refractivity contribution in [3.63, 3.8) is 0 Å². The fourth-order valence-electron chi connectivity index (χ4n) is 1.77. The van der Waals surface area contributed by atoms with Crippen LogP contribution >= 0.6 is 7.26 Å². The van der Waals surface area contributed by atoms with E-state index in [1.54, 1.807) is 0 Å². The summed E-state index contributed by atoms with van der Waals surface area (Å²) < 4.78 is 0. The molecule has 3 heteroatoms. The maximum Gasteiger partial charge on any atom is 0.0641 e. The first kappa shape index (κ1) is 16.3. The van der Waals surface area contributed by atoms with Crippen molar-refractivity contribution in [2.45, 2.75) is 47.2 Å². The summed E-state index contributed by atoms with van der Waals surface area (Å²) in [5.74, 6) is -1.08. The SMILES string of the molecule is CC(=O)[O-].CC[P+](CC)(CC)C(C)C. The van der Waals surface area contributed by atoms with E-state index in [0.29, 0.717) is 0 Å². The van der Waals surface area contributed by atoms with Gasteiger partial charge in [0.25, 0.3) is 0 Å². The number of aliphatic carboxylic acids is 1. The van der Waals surface area contributed by atoms with Crippen LogP contribution in [0.1, 0.15) is 41.5 Å². The standard InChI is InChI=1S/C9H22P.C2H4O2/c1-6-10(7-2,8-3)9(4)5;1-2(3)4/h9H,6-8H2,1-5H3;1H3,(H,3,4)/q+1;/p-1. The minimum absolute atomic E-state index is 0.511. The van der Waals surface area contributed by atoms with Crippen LogP contribution in [0.4, 0.5) is 0 Å². The third-order valence-corrected chi connectivity index (χ3v) is 8.95. The number of hydrogen-bond acceptors (Lipinski definition) is 2. The summed E-state index contributed by atoms with van der Waals surface area (Å²) in [6.45, 7) is 12.8. The highest BCUT2D eigenvalue weighted by atomic mass is 31.2. The van der Waals surface area contributed by atoms with Gasteiger partial charge in [0, 0.05) is 13.2 Å². The fourth-order valence-corrected chi connectivity index (χ4v) is 5.30. The first-order valence-corrected chi connectivity index (χ1v) is 7.80. The lowest BCUT2D eigenvalue weighted by molar-refractivity contribution is -0.302. The molecule has 0 unspecified atom stereocenters. The van der Waals surface area contributed by atoms with Gasteiger partial charge >= 0.3 is 0 Å². The van der Waals surface area contributed by atoms with Crippen LogP contribution in [-0.4, -0.2) is 30.1 Å². The zero-order valence-corrected chi connectivity index (χ0v) is 11.4. The third kappa shape index (κ3) is 6.37. The van der Waals surface area contributed by atoms with Crippen LogP contribution in [0.15, 0.2) is 0 Å². The molecule has 0 aromatic rings. The molecule has 0 aliphatic rings. The third-order valence-electron chi connectivity index (χ3n) is 2.98. The van der Waals surface area contributed by atoms with Gasteiger partial charge in [0.15, 0.2) is 0 Å². The molecule has 0 aromatic carbocycles. The molecule has 0 fully saturated rings. The molecule has 0 bridgehead atoms. The number of carbonyl (C=O) groups excluding carboxylic acids is 1. The van der Waals surface area contributed by atoms with E-state index in [9.17, 15) is 0 Å².